The van der Waals surface area contributed by atoms with Crippen LogP contribution in [-0.4, -0.2) is 30.8 Å². The lowest BCUT2D eigenvalue weighted by atomic mass is 10.2. The Balaban J connectivity index is 2.24. The maximum Gasteiger partial charge on any atom is 0.255 e. The van der Waals surface area contributed by atoms with Gasteiger partial charge in [-0.25, -0.2) is 4.98 Å². The number of methoxy groups -OCH3 is 2. The fourth-order valence-electron chi connectivity index (χ4n) is 1.97. The monoisotopic (exact) mass is 289 g/mol. The largest absolute Gasteiger partial charge is 0.497 e. The van der Waals surface area contributed by atoms with Gasteiger partial charge in [0.15, 0.2) is 0 Å². The topological polar surface area (TPSA) is 56.6 Å². The second kappa shape index (κ2) is 6.30. The molecule has 6 heteroatoms. The van der Waals surface area contributed by atoms with Gasteiger partial charge in [-0.05, 0) is 17.7 Å². The van der Waals surface area contributed by atoms with Crippen LogP contribution in [-0.2, 0) is 13.6 Å². The van der Waals surface area contributed by atoms with Crippen LogP contribution in [0.25, 0.3) is 0 Å². The fourth-order valence-corrected chi connectivity index (χ4v) is 1.97. The smallest absolute Gasteiger partial charge is 0.255 e. The van der Waals surface area contributed by atoms with E-state index in [1.165, 1.54) is 17.0 Å². The third-order valence-electron chi connectivity index (χ3n) is 3.19. The first kappa shape index (κ1) is 14.9. The zero-order valence-corrected chi connectivity index (χ0v) is 12.7. The van der Waals surface area contributed by atoms with E-state index in [1.54, 1.807) is 21.3 Å². The van der Waals surface area contributed by atoms with Crippen molar-refractivity contribution in [2.24, 2.45) is 7.05 Å². The van der Waals surface area contributed by atoms with Crippen LogP contribution >= 0.6 is 0 Å². The van der Waals surface area contributed by atoms with Gasteiger partial charge in [0, 0.05) is 32.8 Å². The average molecular weight is 289 g/mol. The zero-order chi connectivity index (χ0) is 15.4. The molecule has 21 heavy (non-hydrogen) atoms. The molecular formula is C15H19N3O3. The standard InChI is InChI=1S/C15H19N3O3/c1-17(14-8-15(19)18(2)10-16-14)9-11-5-12(20-3)7-13(6-11)21-4/h5-8,10H,9H2,1-4H3. The van der Waals surface area contributed by atoms with Gasteiger partial charge in [0.05, 0.1) is 20.5 Å². The summed E-state index contributed by atoms with van der Waals surface area (Å²) in [6.07, 6.45) is 1.51. The minimum atomic E-state index is -0.0879. The van der Waals surface area contributed by atoms with Gasteiger partial charge in [0.2, 0.25) is 0 Å². The highest BCUT2D eigenvalue weighted by atomic mass is 16.5. The lowest BCUT2D eigenvalue weighted by molar-refractivity contribution is 0.393. The Labute approximate surface area is 123 Å². The van der Waals surface area contributed by atoms with Crippen molar-refractivity contribution >= 4 is 5.82 Å². The van der Waals surface area contributed by atoms with Crippen molar-refractivity contribution in [2.45, 2.75) is 6.54 Å². The van der Waals surface area contributed by atoms with Crippen molar-refractivity contribution in [1.82, 2.24) is 9.55 Å². The van der Waals surface area contributed by atoms with E-state index in [9.17, 15) is 4.79 Å². The number of hydrogen-bond acceptors (Lipinski definition) is 5. The lowest BCUT2D eigenvalue weighted by Crippen LogP contribution is -2.23. The Morgan fingerprint density at radius 1 is 1.14 bits per heavy atom. The Bertz CT molecular complexity index is 660. The van der Waals surface area contributed by atoms with Gasteiger partial charge in [-0.3, -0.25) is 4.79 Å². The first-order chi connectivity index (χ1) is 10.0. The molecule has 0 atom stereocenters. The third kappa shape index (κ3) is 3.53. The van der Waals surface area contributed by atoms with E-state index in [2.05, 4.69) is 4.98 Å². The summed E-state index contributed by atoms with van der Waals surface area (Å²) in [6, 6.07) is 7.19. The summed E-state index contributed by atoms with van der Waals surface area (Å²) in [7, 11) is 6.79. The van der Waals surface area contributed by atoms with Crippen LogP contribution in [0.1, 0.15) is 5.56 Å². The van der Waals surface area contributed by atoms with Crippen LogP contribution in [0.3, 0.4) is 0 Å². The van der Waals surface area contributed by atoms with Crippen molar-refractivity contribution in [3.63, 3.8) is 0 Å². The van der Waals surface area contributed by atoms with E-state index in [4.69, 9.17) is 9.47 Å². The molecule has 0 N–H and O–H groups in total. The van der Waals surface area contributed by atoms with Gasteiger partial charge >= 0.3 is 0 Å². The Morgan fingerprint density at radius 2 is 1.76 bits per heavy atom. The SMILES string of the molecule is COc1cc(CN(C)c2cc(=O)n(C)cn2)cc(OC)c1. The molecule has 1 heterocycles. The predicted molar refractivity (Wildman–Crippen MR) is 81.1 cm³/mol. The maximum absolute atomic E-state index is 11.7. The van der Waals surface area contributed by atoms with Gasteiger partial charge in [0.25, 0.3) is 5.56 Å². The number of rotatable bonds is 5. The number of hydrogen-bond donors (Lipinski definition) is 0. The molecule has 0 fully saturated rings. The van der Waals surface area contributed by atoms with Gasteiger partial charge in [-0.2, -0.15) is 0 Å². The fraction of sp³-hybridized carbons (Fsp3) is 0.333. The normalized spacial score (nSPS) is 10.3. The molecule has 0 aliphatic carbocycles. The Morgan fingerprint density at radius 3 is 2.29 bits per heavy atom. The molecule has 0 saturated carbocycles. The van der Waals surface area contributed by atoms with Crippen LogP contribution < -0.4 is 19.9 Å². The van der Waals surface area contributed by atoms with E-state index < -0.39 is 0 Å². The Kier molecular flexibility index (Phi) is 4.47. The van der Waals surface area contributed by atoms with Crippen LogP contribution in [0.4, 0.5) is 5.82 Å². The second-order valence-electron chi connectivity index (χ2n) is 4.77. The first-order valence-electron chi connectivity index (χ1n) is 6.49. The quantitative estimate of drug-likeness (QED) is 0.833. The van der Waals surface area contributed by atoms with E-state index in [1.807, 2.05) is 30.1 Å². The number of ether oxygens (including phenoxy) is 2. The van der Waals surface area contributed by atoms with Crippen molar-refractivity contribution < 1.29 is 9.47 Å². The molecule has 1 aromatic carbocycles. The van der Waals surface area contributed by atoms with E-state index in [0.717, 1.165) is 17.1 Å². The number of nitrogens with zero attached hydrogens (tertiary/aromatic N) is 3. The molecule has 2 aromatic rings. The minimum Gasteiger partial charge on any atom is -0.497 e. The summed E-state index contributed by atoms with van der Waals surface area (Å²) in [5, 5.41) is 0. The van der Waals surface area contributed by atoms with E-state index in [0.29, 0.717) is 12.4 Å². The summed E-state index contributed by atoms with van der Waals surface area (Å²) in [5.74, 6) is 2.09. The molecule has 0 aliphatic rings. The van der Waals surface area contributed by atoms with Crippen molar-refractivity contribution in [2.75, 3.05) is 26.2 Å². The zero-order valence-electron chi connectivity index (χ0n) is 12.7. The van der Waals surface area contributed by atoms with Crippen molar-refractivity contribution in [3.05, 3.63) is 46.5 Å². The average Bonchev–Trinajstić information content (AvgIpc) is 2.49. The van der Waals surface area contributed by atoms with Crippen LogP contribution in [0.15, 0.2) is 35.4 Å². The highest BCUT2D eigenvalue weighted by molar-refractivity contribution is 5.42. The molecule has 0 aliphatic heterocycles. The lowest BCUT2D eigenvalue weighted by Gasteiger charge is -2.19. The number of aryl methyl sites for hydroxylation is 1. The molecule has 0 spiro atoms. The van der Waals surface area contributed by atoms with E-state index >= 15 is 0 Å². The predicted octanol–water partition coefficient (Wildman–Crippen LogP) is 1.43. The molecule has 6 nitrogen and oxygen atoms in total. The molecule has 0 unspecified atom stereocenters. The summed E-state index contributed by atoms with van der Waals surface area (Å²) < 4.78 is 11.9. The molecule has 0 saturated heterocycles. The van der Waals surface area contributed by atoms with Gasteiger partial charge in [-0.1, -0.05) is 0 Å². The third-order valence-corrected chi connectivity index (χ3v) is 3.19. The minimum absolute atomic E-state index is 0.0879. The molecule has 0 bridgehead atoms. The van der Waals surface area contributed by atoms with Gasteiger partial charge < -0.3 is 18.9 Å². The number of anilines is 1. The summed E-state index contributed by atoms with van der Waals surface area (Å²) in [6.45, 7) is 0.591. The van der Waals surface area contributed by atoms with Gasteiger partial charge in [0.1, 0.15) is 17.3 Å². The van der Waals surface area contributed by atoms with Crippen molar-refractivity contribution in [3.8, 4) is 11.5 Å². The Hall–Kier alpha value is -2.50. The molecule has 0 amide bonds. The van der Waals surface area contributed by atoms with Crippen LogP contribution in [0.2, 0.25) is 0 Å². The molecular weight excluding hydrogens is 270 g/mol. The van der Waals surface area contributed by atoms with Crippen LogP contribution in [0, 0.1) is 0 Å². The summed E-state index contributed by atoms with van der Waals surface area (Å²) in [4.78, 5) is 17.8. The highest BCUT2D eigenvalue weighted by Gasteiger charge is 2.08. The second-order valence-corrected chi connectivity index (χ2v) is 4.77. The summed E-state index contributed by atoms with van der Waals surface area (Å²) in [5.41, 5.74) is 0.922. The molecule has 1 aromatic heterocycles. The number of benzene rings is 1. The highest BCUT2D eigenvalue weighted by Crippen LogP contribution is 2.23. The van der Waals surface area contributed by atoms with Gasteiger partial charge in [-0.15, -0.1) is 0 Å². The van der Waals surface area contributed by atoms with Crippen LogP contribution in [0.5, 0.6) is 11.5 Å². The molecule has 2 rings (SSSR count). The van der Waals surface area contributed by atoms with Crippen molar-refractivity contribution in [1.29, 1.82) is 0 Å². The summed E-state index contributed by atoms with van der Waals surface area (Å²) >= 11 is 0. The maximum atomic E-state index is 11.7. The molecule has 112 valence electrons. The molecule has 0 radical (unpaired) electrons. The van der Waals surface area contributed by atoms with E-state index in [-0.39, 0.29) is 5.56 Å². The number of aromatic nitrogens is 2. The first-order valence-corrected chi connectivity index (χ1v) is 6.49.